The fourth-order valence-electron chi connectivity index (χ4n) is 2.92. The molecule has 5 nitrogen and oxygen atoms in total. The van der Waals surface area contributed by atoms with Gasteiger partial charge in [0.25, 0.3) is 0 Å². The van der Waals surface area contributed by atoms with E-state index in [1.807, 2.05) is 0 Å². The molecule has 20 heavy (non-hydrogen) atoms. The Morgan fingerprint density at radius 3 is 2.55 bits per heavy atom. The number of pyridine rings is 1. The van der Waals surface area contributed by atoms with E-state index in [9.17, 15) is 9.90 Å². The van der Waals surface area contributed by atoms with Crippen LogP contribution in [-0.2, 0) is 0 Å². The van der Waals surface area contributed by atoms with E-state index in [0.717, 1.165) is 0 Å². The van der Waals surface area contributed by atoms with E-state index in [1.54, 1.807) is 12.1 Å². The monoisotopic (exact) mass is 276 g/mol. The Morgan fingerprint density at radius 1 is 1.30 bits per heavy atom. The predicted molar refractivity (Wildman–Crippen MR) is 74.6 cm³/mol. The molecule has 2 atom stereocenters. The zero-order valence-electron chi connectivity index (χ0n) is 11.3. The summed E-state index contributed by atoms with van der Waals surface area (Å²) >= 11 is 0. The van der Waals surface area contributed by atoms with Crippen LogP contribution in [0.3, 0.4) is 0 Å². The third-order valence-electron chi connectivity index (χ3n) is 4.31. The molecule has 0 amide bonds. The van der Waals surface area contributed by atoms with E-state index in [-0.39, 0.29) is 24.3 Å². The maximum absolute atomic E-state index is 11.0. The third-order valence-corrected chi connectivity index (χ3v) is 4.31. The molecule has 3 N–H and O–H groups in total. The van der Waals surface area contributed by atoms with Gasteiger partial charge in [-0.15, -0.1) is 0 Å². The van der Waals surface area contributed by atoms with Crippen LogP contribution in [0.1, 0.15) is 36.2 Å². The molecule has 2 unspecified atom stereocenters. The van der Waals surface area contributed by atoms with Gasteiger partial charge in [-0.05, 0) is 49.7 Å². The molecular weight excluding hydrogens is 256 g/mol. The Hall–Kier alpha value is -1.62. The number of carboxylic acid groups (broad SMARTS) is 1. The SMILES string of the molecule is O=C(O)c1cccc(NC(C2CC2)C(CO)C2CC2)n1. The number of nitrogens with zero attached hydrogens (tertiary/aromatic N) is 1. The highest BCUT2D eigenvalue weighted by molar-refractivity contribution is 5.85. The Labute approximate surface area is 118 Å². The molecule has 1 heterocycles. The Kier molecular flexibility index (Phi) is 3.61. The van der Waals surface area contributed by atoms with Gasteiger partial charge in [-0.25, -0.2) is 9.78 Å². The average Bonchev–Trinajstić information content (AvgIpc) is 3.30. The van der Waals surface area contributed by atoms with E-state index in [0.29, 0.717) is 17.7 Å². The van der Waals surface area contributed by atoms with Crippen LogP contribution in [0.4, 0.5) is 5.82 Å². The molecular formula is C15H20N2O3. The van der Waals surface area contributed by atoms with Gasteiger partial charge in [-0.1, -0.05) is 6.07 Å². The molecule has 2 aliphatic carbocycles. The fourth-order valence-corrected chi connectivity index (χ4v) is 2.92. The van der Waals surface area contributed by atoms with Crippen molar-refractivity contribution in [3.8, 4) is 0 Å². The highest BCUT2D eigenvalue weighted by Gasteiger charge is 2.43. The van der Waals surface area contributed by atoms with Crippen LogP contribution >= 0.6 is 0 Å². The minimum Gasteiger partial charge on any atom is -0.477 e. The predicted octanol–water partition coefficient (Wildman–Crippen LogP) is 1.99. The average molecular weight is 276 g/mol. The summed E-state index contributed by atoms with van der Waals surface area (Å²) in [7, 11) is 0. The summed E-state index contributed by atoms with van der Waals surface area (Å²) in [6, 6.07) is 5.20. The zero-order valence-corrected chi connectivity index (χ0v) is 11.3. The maximum Gasteiger partial charge on any atom is 0.354 e. The molecule has 0 bridgehead atoms. The number of aliphatic hydroxyl groups is 1. The molecule has 0 aliphatic heterocycles. The first-order valence-electron chi connectivity index (χ1n) is 7.27. The zero-order chi connectivity index (χ0) is 14.1. The summed E-state index contributed by atoms with van der Waals surface area (Å²) in [4.78, 5) is 15.1. The number of aromatic nitrogens is 1. The van der Waals surface area contributed by atoms with Crippen molar-refractivity contribution in [3.63, 3.8) is 0 Å². The number of aliphatic hydroxyl groups excluding tert-OH is 1. The smallest absolute Gasteiger partial charge is 0.354 e. The molecule has 2 saturated carbocycles. The van der Waals surface area contributed by atoms with Crippen LogP contribution in [0.2, 0.25) is 0 Å². The quantitative estimate of drug-likeness (QED) is 0.709. The van der Waals surface area contributed by atoms with E-state index in [1.165, 1.54) is 31.7 Å². The standard InChI is InChI=1S/C15H20N2O3/c18-8-11(9-4-5-9)14(10-6-7-10)17-13-3-1-2-12(16-13)15(19)20/h1-3,9-11,14,18H,4-8H2,(H,16,17)(H,19,20). The Morgan fingerprint density at radius 2 is 2.00 bits per heavy atom. The summed E-state index contributed by atoms with van der Waals surface area (Å²) in [6.07, 6.45) is 4.75. The van der Waals surface area contributed by atoms with Crippen molar-refractivity contribution in [2.45, 2.75) is 31.7 Å². The summed E-state index contributed by atoms with van der Waals surface area (Å²) in [5, 5.41) is 22.0. The number of carboxylic acids is 1. The third kappa shape index (κ3) is 2.93. The Balaban J connectivity index is 1.75. The topological polar surface area (TPSA) is 82.5 Å². The summed E-state index contributed by atoms with van der Waals surface area (Å²) in [5.74, 6) is 1.04. The van der Waals surface area contributed by atoms with Crippen LogP contribution in [0.15, 0.2) is 18.2 Å². The van der Waals surface area contributed by atoms with Gasteiger partial charge in [0.2, 0.25) is 0 Å². The van der Waals surface area contributed by atoms with Crippen molar-refractivity contribution in [2.24, 2.45) is 17.8 Å². The molecule has 2 fully saturated rings. The van der Waals surface area contributed by atoms with Gasteiger partial charge in [-0.3, -0.25) is 0 Å². The van der Waals surface area contributed by atoms with E-state index < -0.39 is 5.97 Å². The number of hydrogen-bond acceptors (Lipinski definition) is 4. The molecule has 0 radical (unpaired) electrons. The summed E-state index contributed by atoms with van der Waals surface area (Å²) < 4.78 is 0. The highest BCUT2D eigenvalue weighted by atomic mass is 16.4. The van der Waals surface area contributed by atoms with Crippen molar-refractivity contribution >= 4 is 11.8 Å². The summed E-state index contributed by atoms with van der Waals surface area (Å²) in [6.45, 7) is 0.192. The van der Waals surface area contributed by atoms with Crippen LogP contribution in [0.25, 0.3) is 0 Å². The van der Waals surface area contributed by atoms with Gasteiger partial charge in [0.05, 0.1) is 0 Å². The molecule has 1 aromatic heterocycles. The molecule has 1 aromatic rings. The second kappa shape index (κ2) is 5.40. The Bertz CT molecular complexity index is 498. The number of aromatic carboxylic acids is 1. The highest BCUT2D eigenvalue weighted by Crippen LogP contribution is 2.45. The summed E-state index contributed by atoms with van der Waals surface area (Å²) in [5.41, 5.74) is 0.0523. The fraction of sp³-hybridized carbons (Fsp3) is 0.600. The normalized spacial score (nSPS) is 21.2. The van der Waals surface area contributed by atoms with Crippen molar-refractivity contribution in [2.75, 3.05) is 11.9 Å². The first-order valence-corrected chi connectivity index (χ1v) is 7.27. The molecule has 3 rings (SSSR count). The van der Waals surface area contributed by atoms with E-state index in [2.05, 4.69) is 10.3 Å². The number of hydrogen-bond donors (Lipinski definition) is 3. The molecule has 108 valence electrons. The number of rotatable bonds is 7. The van der Waals surface area contributed by atoms with Gasteiger partial charge in [-0.2, -0.15) is 0 Å². The van der Waals surface area contributed by atoms with Crippen molar-refractivity contribution < 1.29 is 15.0 Å². The lowest BCUT2D eigenvalue weighted by atomic mass is 9.91. The van der Waals surface area contributed by atoms with Crippen LogP contribution in [0, 0.1) is 17.8 Å². The number of nitrogens with one attached hydrogen (secondary N) is 1. The van der Waals surface area contributed by atoms with Crippen molar-refractivity contribution in [3.05, 3.63) is 23.9 Å². The number of carbonyl (C=O) groups is 1. The van der Waals surface area contributed by atoms with Crippen molar-refractivity contribution in [1.82, 2.24) is 4.98 Å². The lowest BCUT2D eigenvalue weighted by Crippen LogP contribution is -2.35. The van der Waals surface area contributed by atoms with Gasteiger partial charge < -0.3 is 15.5 Å². The molecule has 0 spiro atoms. The molecule has 0 aromatic carbocycles. The maximum atomic E-state index is 11.0. The molecule has 5 heteroatoms. The van der Waals surface area contributed by atoms with Crippen LogP contribution in [-0.4, -0.2) is 33.8 Å². The van der Waals surface area contributed by atoms with E-state index >= 15 is 0 Å². The first kappa shape index (κ1) is 13.4. The molecule has 2 aliphatic rings. The lowest BCUT2D eigenvalue weighted by molar-refractivity contribution is 0.0690. The largest absolute Gasteiger partial charge is 0.477 e. The first-order chi connectivity index (χ1) is 9.69. The number of anilines is 1. The molecule has 0 saturated heterocycles. The van der Waals surface area contributed by atoms with Crippen LogP contribution in [0.5, 0.6) is 0 Å². The lowest BCUT2D eigenvalue weighted by Gasteiger charge is -2.27. The minimum atomic E-state index is -1.02. The van der Waals surface area contributed by atoms with Gasteiger partial charge in [0, 0.05) is 18.6 Å². The van der Waals surface area contributed by atoms with Gasteiger partial charge >= 0.3 is 5.97 Å². The van der Waals surface area contributed by atoms with Gasteiger partial charge in [0.1, 0.15) is 5.82 Å². The van der Waals surface area contributed by atoms with Gasteiger partial charge in [0.15, 0.2) is 5.69 Å². The van der Waals surface area contributed by atoms with Crippen molar-refractivity contribution in [1.29, 1.82) is 0 Å². The van der Waals surface area contributed by atoms with Crippen LogP contribution < -0.4 is 5.32 Å². The minimum absolute atomic E-state index is 0.0523. The second-order valence-corrected chi connectivity index (χ2v) is 5.90. The van der Waals surface area contributed by atoms with E-state index in [4.69, 9.17) is 5.11 Å². The second-order valence-electron chi connectivity index (χ2n) is 5.90.